The van der Waals surface area contributed by atoms with Gasteiger partial charge in [-0.3, -0.25) is 0 Å². The smallest absolute Gasteiger partial charge is 0.0159 e. The first kappa shape index (κ1) is 22.8. The molecule has 0 amide bonds. The minimum atomic E-state index is -0.0472. The van der Waals surface area contributed by atoms with Crippen LogP contribution in [0.4, 0.5) is 0 Å². The first-order valence-electron chi connectivity index (χ1n) is 14.5. The van der Waals surface area contributed by atoms with Crippen molar-refractivity contribution < 1.29 is 0 Å². The third-order valence-corrected chi connectivity index (χ3v) is 9.58. The van der Waals surface area contributed by atoms with E-state index in [1.54, 1.807) is 0 Å². The zero-order valence-electron chi connectivity index (χ0n) is 23.2. The summed E-state index contributed by atoms with van der Waals surface area (Å²) < 4.78 is 0. The van der Waals surface area contributed by atoms with Crippen LogP contribution in [0.25, 0.3) is 76.5 Å². The molecule has 0 saturated heterocycles. The summed E-state index contributed by atoms with van der Waals surface area (Å²) in [6, 6.07) is 50.0. The molecule has 0 saturated carbocycles. The molecule has 9 rings (SSSR count). The van der Waals surface area contributed by atoms with Gasteiger partial charge in [-0.2, -0.15) is 0 Å². The maximum Gasteiger partial charge on any atom is 0.0159 e. The molecule has 1 aliphatic carbocycles. The molecule has 0 atom stereocenters. The molecule has 0 nitrogen and oxygen atoms in total. The Hall–Kier alpha value is -4.94. The van der Waals surface area contributed by atoms with Gasteiger partial charge in [-0.05, 0) is 112 Å². The van der Waals surface area contributed by atoms with Crippen LogP contribution in [0.3, 0.4) is 0 Å². The Balaban J connectivity index is 1.19. The van der Waals surface area contributed by atoms with Gasteiger partial charge >= 0.3 is 0 Å². The largest absolute Gasteiger partial charge is 0.0616 e. The third-order valence-electron chi connectivity index (χ3n) is 9.58. The lowest BCUT2D eigenvalue weighted by Crippen LogP contribution is -2.15. The van der Waals surface area contributed by atoms with Crippen LogP contribution in [0.5, 0.6) is 0 Å². The number of rotatable bonds is 2. The molecule has 0 aromatic heterocycles. The minimum Gasteiger partial charge on any atom is -0.0616 e. The van der Waals surface area contributed by atoms with Gasteiger partial charge in [0.15, 0.2) is 0 Å². The summed E-state index contributed by atoms with van der Waals surface area (Å²) in [5.74, 6) is 0. The van der Waals surface area contributed by atoms with Crippen molar-refractivity contribution in [1.82, 2.24) is 0 Å². The molecule has 0 unspecified atom stereocenters. The summed E-state index contributed by atoms with van der Waals surface area (Å²) in [4.78, 5) is 0. The van der Waals surface area contributed by atoms with E-state index in [9.17, 15) is 0 Å². The van der Waals surface area contributed by atoms with Crippen LogP contribution in [0.1, 0.15) is 25.0 Å². The van der Waals surface area contributed by atoms with Gasteiger partial charge in [0.2, 0.25) is 0 Å². The van der Waals surface area contributed by atoms with E-state index < -0.39 is 0 Å². The van der Waals surface area contributed by atoms with E-state index in [-0.39, 0.29) is 5.41 Å². The predicted octanol–water partition coefficient (Wildman–Crippen LogP) is 11.4. The average molecular weight is 521 g/mol. The predicted molar refractivity (Wildman–Crippen MR) is 176 cm³/mol. The fraction of sp³-hybridized carbons (Fsp3) is 0.0732. The van der Waals surface area contributed by atoms with Gasteiger partial charge in [-0.15, -0.1) is 0 Å². The maximum atomic E-state index is 2.43. The summed E-state index contributed by atoms with van der Waals surface area (Å²) in [5, 5.41) is 10.6. The number of benzene rings is 8. The first-order valence-corrected chi connectivity index (χ1v) is 14.5. The Kier molecular flexibility index (Phi) is 4.49. The zero-order chi connectivity index (χ0) is 27.3. The van der Waals surface area contributed by atoms with Crippen molar-refractivity contribution in [1.29, 1.82) is 0 Å². The van der Waals surface area contributed by atoms with E-state index in [0.717, 1.165) is 0 Å². The van der Waals surface area contributed by atoms with Crippen LogP contribution in [0.2, 0.25) is 0 Å². The normalized spacial score (nSPS) is 13.8. The molecule has 0 fully saturated rings. The molecule has 0 radical (unpaired) electrons. The first-order chi connectivity index (χ1) is 20.1. The van der Waals surface area contributed by atoms with Crippen molar-refractivity contribution in [3.05, 3.63) is 145 Å². The van der Waals surface area contributed by atoms with Crippen molar-refractivity contribution in [2.24, 2.45) is 0 Å². The van der Waals surface area contributed by atoms with Gasteiger partial charge in [0.25, 0.3) is 0 Å². The molecule has 0 N–H and O–H groups in total. The van der Waals surface area contributed by atoms with E-state index in [1.807, 2.05) is 0 Å². The second-order valence-electron chi connectivity index (χ2n) is 12.2. The fourth-order valence-electron chi connectivity index (χ4n) is 7.45. The quantitative estimate of drug-likeness (QED) is 0.199. The number of hydrogen-bond acceptors (Lipinski definition) is 0. The molecular formula is C41H28. The molecule has 1 aliphatic rings. The van der Waals surface area contributed by atoms with Gasteiger partial charge in [0, 0.05) is 5.41 Å². The topological polar surface area (TPSA) is 0 Å². The van der Waals surface area contributed by atoms with Gasteiger partial charge in [-0.25, -0.2) is 0 Å². The molecular weight excluding hydrogens is 492 g/mol. The molecule has 0 spiro atoms. The van der Waals surface area contributed by atoms with Crippen molar-refractivity contribution >= 4 is 43.1 Å². The highest BCUT2D eigenvalue weighted by Crippen LogP contribution is 2.51. The summed E-state index contributed by atoms with van der Waals surface area (Å²) in [5.41, 5.74) is 10.6. The van der Waals surface area contributed by atoms with Crippen LogP contribution in [0.15, 0.2) is 133 Å². The molecule has 192 valence electrons. The third kappa shape index (κ3) is 3.16. The highest BCUT2D eigenvalue weighted by molar-refractivity contribution is 6.25. The highest BCUT2D eigenvalue weighted by Gasteiger charge is 2.35. The monoisotopic (exact) mass is 520 g/mol. The lowest BCUT2D eigenvalue weighted by atomic mass is 9.81. The molecule has 41 heavy (non-hydrogen) atoms. The highest BCUT2D eigenvalue weighted by atomic mass is 14.4. The number of hydrogen-bond donors (Lipinski definition) is 0. The molecule has 0 heterocycles. The summed E-state index contributed by atoms with van der Waals surface area (Å²) in [6.45, 7) is 4.74. The van der Waals surface area contributed by atoms with E-state index >= 15 is 0 Å². The van der Waals surface area contributed by atoms with E-state index in [0.29, 0.717) is 0 Å². The van der Waals surface area contributed by atoms with Crippen molar-refractivity contribution in [2.75, 3.05) is 0 Å². The van der Waals surface area contributed by atoms with Crippen molar-refractivity contribution in [3.8, 4) is 33.4 Å². The Labute approximate surface area is 239 Å². The lowest BCUT2D eigenvalue weighted by Gasteiger charge is -2.22. The summed E-state index contributed by atoms with van der Waals surface area (Å²) >= 11 is 0. The maximum absolute atomic E-state index is 2.43. The Bertz CT molecular complexity index is 2320. The van der Waals surface area contributed by atoms with Gasteiger partial charge < -0.3 is 0 Å². The van der Waals surface area contributed by atoms with Crippen LogP contribution >= 0.6 is 0 Å². The fourth-order valence-corrected chi connectivity index (χ4v) is 7.45. The summed E-state index contributed by atoms with van der Waals surface area (Å²) in [6.07, 6.45) is 0. The van der Waals surface area contributed by atoms with Gasteiger partial charge in [0.05, 0.1) is 0 Å². The molecule has 0 bridgehead atoms. The SMILES string of the molecule is CC1(C)c2cc(-c3cccc(-c4ccc5ccc6cccc7ccc4c5c67)c3)ccc2-c2cc3ccccc3cc21. The van der Waals surface area contributed by atoms with E-state index in [4.69, 9.17) is 0 Å². The molecule has 8 aromatic rings. The lowest BCUT2D eigenvalue weighted by molar-refractivity contribution is 0.661. The van der Waals surface area contributed by atoms with E-state index in [1.165, 1.54) is 87.6 Å². The van der Waals surface area contributed by atoms with E-state index in [2.05, 4.69) is 147 Å². The average Bonchev–Trinajstić information content (AvgIpc) is 3.24. The summed E-state index contributed by atoms with van der Waals surface area (Å²) in [7, 11) is 0. The number of fused-ring (bicyclic) bond motifs is 4. The van der Waals surface area contributed by atoms with Crippen molar-refractivity contribution in [3.63, 3.8) is 0 Å². The standard InChI is InChI=1S/C41H28/c1-41(2)37-24-31(17-19-34(37)36-22-29-7-3-4-8-30(29)23-38(36)41)28-11-6-12-32(21-28)33-18-15-27-14-13-25-9-5-10-26-16-20-35(33)40(27)39(25)26/h3-24H,1-2H3. The van der Waals surface area contributed by atoms with Crippen LogP contribution in [-0.4, -0.2) is 0 Å². The Morgan fingerprint density at radius 1 is 0.366 bits per heavy atom. The Morgan fingerprint density at radius 2 is 0.951 bits per heavy atom. The second kappa shape index (κ2) is 8.05. The minimum absolute atomic E-state index is 0.0472. The molecule has 0 aliphatic heterocycles. The zero-order valence-corrected chi connectivity index (χ0v) is 23.2. The van der Waals surface area contributed by atoms with Crippen LogP contribution in [-0.2, 0) is 5.41 Å². The molecule has 0 heteroatoms. The van der Waals surface area contributed by atoms with Gasteiger partial charge in [-0.1, -0.05) is 123 Å². The second-order valence-corrected chi connectivity index (χ2v) is 12.2. The van der Waals surface area contributed by atoms with Crippen LogP contribution in [0, 0.1) is 0 Å². The van der Waals surface area contributed by atoms with Crippen molar-refractivity contribution in [2.45, 2.75) is 19.3 Å². The Morgan fingerprint density at radius 3 is 1.78 bits per heavy atom. The van der Waals surface area contributed by atoms with Gasteiger partial charge in [0.1, 0.15) is 0 Å². The molecule has 8 aromatic carbocycles. The van der Waals surface area contributed by atoms with Crippen LogP contribution < -0.4 is 0 Å².